The van der Waals surface area contributed by atoms with Gasteiger partial charge in [-0.15, -0.1) is 0 Å². The number of hydrogen-bond acceptors (Lipinski definition) is 2. The Kier molecular flexibility index (Phi) is 3.55. The van der Waals surface area contributed by atoms with Gasteiger partial charge in [-0.2, -0.15) is 0 Å². The molecule has 0 amide bonds. The van der Waals surface area contributed by atoms with Gasteiger partial charge in [-0.1, -0.05) is 6.07 Å². The Bertz CT molecular complexity index is 305. The number of hydrogen-bond donors (Lipinski definition) is 2. The van der Waals surface area contributed by atoms with Crippen molar-refractivity contribution in [1.82, 2.24) is 0 Å². The Hall–Kier alpha value is -1.00. The van der Waals surface area contributed by atoms with Crippen molar-refractivity contribution in [3.05, 3.63) is 34.6 Å². The monoisotopic (exact) mass is 201 g/mol. The Labute approximate surface area is 81.4 Å². The molecule has 0 aromatic heterocycles. The average molecular weight is 201 g/mol. The predicted octanol–water partition coefficient (Wildman–Crippen LogP) is 1.60. The molecule has 2 nitrogen and oxygen atoms in total. The lowest BCUT2D eigenvalue weighted by atomic mass is 10.0. The normalized spacial score (nSPS) is 12.9. The second-order valence-electron chi connectivity index (χ2n) is 3.22. The van der Waals surface area contributed by atoms with Crippen LogP contribution in [-0.2, 0) is 6.67 Å². The molecule has 0 bridgehead atoms. The lowest BCUT2D eigenvalue weighted by molar-refractivity contribution is 0.267. The van der Waals surface area contributed by atoms with Gasteiger partial charge >= 0.3 is 0 Å². The molecule has 3 N–H and O–H groups in total. The van der Waals surface area contributed by atoms with Crippen LogP contribution in [0.3, 0.4) is 0 Å². The third-order valence-electron chi connectivity index (χ3n) is 2.20. The van der Waals surface area contributed by atoms with Crippen molar-refractivity contribution >= 4 is 0 Å². The van der Waals surface area contributed by atoms with E-state index in [1.807, 2.05) is 0 Å². The Morgan fingerprint density at radius 1 is 1.50 bits per heavy atom. The summed E-state index contributed by atoms with van der Waals surface area (Å²) < 4.78 is 25.6. The molecular weight excluding hydrogens is 188 g/mol. The molecule has 4 heteroatoms. The minimum absolute atomic E-state index is 0.0545. The van der Waals surface area contributed by atoms with E-state index in [2.05, 4.69) is 0 Å². The van der Waals surface area contributed by atoms with Gasteiger partial charge in [0.15, 0.2) is 0 Å². The number of benzene rings is 1. The Balaban J connectivity index is 3.13. The van der Waals surface area contributed by atoms with E-state index in [0.29, 0.717) is 11.1 Å². The molecule has 0 spiro atoms. The first-order valence-electron chi connectivity index (χ1n) is 4.31. The van der Waals surface area contributed by atoms with Gasteiger partial charge in [0.05, 0.1) is 12.6 Å². The Morgan fingerprint density at radius 3 is 2.57 bits per heavy atom. The second kappa shape index (κ2) is 4.48. The highest BCUT2D eigenvalue weighted by atomic mass is 19.1. The molecule has 14 heavy (non-hydrogen) atoms. The molecule has 0 fully saturated rings. The number of rotatable bonds is 3. The zero-order valence-electron chi connectivity index (χ0n) is 7.93. The van der Waals surface area contributed by atoms with Crippen LogP contribution in [0.2, 0.25) is 0 Å². The van der Waals surface area contributed by atoms with Crippen LogP contribution in [0.15, 0.2) is 12.1 Å². The van der Waals surface area contributed by atoms with Gasteiger partial charge in [-0.05, 0) is 24.1 Å². The highest BCUT2D eigenvalue weighted by Crippen LogP contribution is 2.20. The third kappa shape index (κ3) is 2.08. The molecule has 0 saturated carbocycles. The van der Waals surface area contributed by atoms with E-state index >= 15 is 0 Å². The first-order chi connectivity index (χ1) is 6.60. The van der Waals surface area contributed by atoms with Crippen molar-refractivity contribution in [2.45, 2.75) is 19.6 Å². The smallest absolute Gasteiger partial charge is 0.129 e. The largest absolute Gasteiger partial charge is 0.394 e. The highest BCUT2D eigenvalue weighted by molar-refractivity contribution is 5.33. The molecular formula is C10H13F2NO. The van der Waals surface area contributed by atoms with E-state index in [1.165, 1.54) is 6.07 Å². The van der Waals surface area contributed by atoms with Gasteiger partial charge in [0, 0.05) is 5.56 Å². The van der Waals surface area contributed by atoms with Crippen molar-refractivity contribution < 1.29 is 13.9 Å². The van der Waals surface area contributed by atoms with Crippen molar-refractivity contribution in [3.63, 3.8) is 0 Å². The molecule has 0 heterocycles. The van der Waals surface area contributed by atoms with Gasteiger partial charge in [0.1, 0.15) is 12.5 Å². The number of halogens is 2. The van der Waals surface area contributed by atoms with Crippen LogP contribution in [0.4, 0.5) is 8.78 Å². The molecule has 78 valence electrons. The standard InChI is InChI=1S/C10H13F2NO/c1-6-2-7(10(13)5-14)3-9(12)8(6)4-11/h2-3,10,14H,4-5,13H2,1H3. The summed E-state index contributed by atoms with van der Waals surface area (Å²) in [4.78, 5) is 0. The number of aliphatic hydroxyl groups is 1. The topological polar surface area (TPSA) is 46.2 Å². The highest BCUT2D eigenvalue weighted by Gasteiger charge is 2.11. The van der Waals surface area contributed by atoms with Crippen LogP contribution in [0.1, 0.15) is 22.7 Å². The average Bonchev–Trinajstić information content (AvgIpc) is 2.16. The molecule has 0 aliphatic carbocycles. The van der Waals surface area contributed by atoms with Crippen molar-refractivity contribution in [3.8, 4) is 0 Å². The van der Waals surface area contributed by atoms with Gasteiger partial charge in [-0.3, -0.25) is 0 Å². The quantitative estimate of drug-likeness (QED) is 0.780. The SMILES string of the molecule is Cc1cc(C(N)CO)cc(F)c1CF. The van der Waals surface area contributed by atoms with Gasteiger partial charge in [-0.25, -0.2) is 8.78 Å². The van der Waals surface area contributed by atoms with E-state index in [0.717, 1.165) is 0 Å². The fourth-order valence-electron chi connectivity index (χ4n) is 1.29. The predicted molar refractivity (Wildman–Crippen MR) is 50.0 cm³/mol. The molecule has 1 aromatic carbocycles. The second-order valence-corrected chi connectivity index (χ2v) is 3.22. The number of alkyl halides is 1. The van der Waals surface area contributed by atoms with Gasteiger partial charge < -0.3 is 10.8 Å². The summed E-state index contributed by atoms with van der Waals surface area (Å²) in [5.74, 6) is -0.605. The summed E-state index contributed by atoms with van der Waals surface area (Å²) in [5, 5.41) is 8.77. The van der Waals surface area contributed by atoms with Gasteiger partial charge in [0.25, 0.3) is 0 Å². The maximum absolute atomic E-state index is 13.2. The van der Waals surface area contributed by atoms with Crippen LogP contribution in [0.5, 0.6) is 0 Å². The summed E-state index contributed by atoms with van der Waals surface area (Å²) in [7, 11) is 0. The number of aryl methyl sites for hydroxylation is 1. The number of nitrogens with two attached hydrogens (primary N) is 1. The van der Waals surface area contributed by atoms with Crippen LogP contribution < -0.4 is 5.73 Å². The van der Waals surface area contributed by atoms with Crippen LogP contribution in [0.25, 0.3) is 0 Å². The first kappa shape index (κ1) is 11.1. The van der Waals surface area contributed by atoms with Crippen molar-refractivity contribution in [1.29, 1.82) is 0 Å². The maximum Gasteiger partial charge on any atom is 0.129 e. The summed E-state index contributed by atoms with van der Waals surface area (Å²) in [6.07, 6.45) is 0. The van der Waals surface area contributed by atoms with E-state index in [4.69, 9.17) is 10.8 Å². The summed E-state index contributed by atoms with van der Waals surface area (Å²) in [6.45, 7) is 0.533. The molecule has 1 unspecified atom stereocenters. The van der Waals surface area contributed by atoms with Crippen molar-refractivity contribution in [2.24, 2.45) is 5.73 Å². The third-order valence-corrected chi connectivity index (χ3v) is 2.20. The van der Waals surface area contributed by atoms with Crippen LogP contribution >= 0.6 is 0 Å². The zero-order valence-corrected chi connectivity index (χ0v) is 7.93. The maximum atomic E-state index is 13.2. The lowest BCUT2D eigenvalue weighted by Crippen LogP contribution is -2.15. The van der Waals surface area contributed by atoms with Gasteiger partial charge in [0.2, 0.25) is 0 Å². The molecule has 1 atom stereocenters. The Morgan fingerprint density at radius 2 is 2.14 bits per heavy atom. The molecule has 0 aliphatic rings. The fourth-order valence-corrected chi connectivity index (χ4v) is 1.29. The minimum Gasteiger partial charge on any atom is -0.394 e. The van der Waals surface area contributed by atoms with E-state index in [1.54, 1.807) is 13.0 Å². The lowest BCUT2D eigenvalue weighted by Gasteiger charge is -2.12. The summed E-state index contributed by atoms with van der Waals surface area (Å²) in [5.41, 5.74) is 6.57. The first-order valence-corrected chi connectivity index (χ1v) is 4.31. The number of aliphatic hydroxyl groups excluding tert-OH is 1. The van der Waals surface area contributed by atoms with Crippen LogP contribution in [0, 0.1) is 12.7 Å². The molecule has 0 radical (unpaired) electrons. The van der Waals surface area contributed by atoms with Crippen LogP contribution in [-0.4, -0.2) is 11.7 Å². The van der Waals surface area contributed by atoms with Crippen molar-refractivity contribution in [2.75, 3.05) is 6.61 Å². The van der Waals surface area contributed by atoms with E-state index in [-0.39, 0.29) is 12.2 Å². The summed E-state index contributed by atoms with van der Waals surface area (Å²) in [6, 6.07) is 2.15. The zero-order chi connectivity index (χ0) is 10.7. The fraction of sp³-hybridized carbons (Fsp3) is 0.400. The van der Waals surface area contributed by atoms with E-state index in [9.17, 15) is 8.78 Å². The molecule has 0 saturated heterocycles. The molecule has 1 rings (SSSR count). The van der Waals surface area contributed by atoms with E-state index < -0.39 is 18.5 Å². The summed E-state index contributed by atoms with van der Waals surface area (Å²) >= 11 is 0. The minimum atomic E-state index is -0.827. The molecule has 0 aliphatic heterocycles. The molecule has 1 aromatic rings.